The molecule has 0 N–H and O–H groups in total. The lowest BCUT2D eigenvalue weighted by Gasteiger charge is -2.29. The number of carbonyl (C=O) groups is 1. The van der Waals surface area contributed by atoms with Crippen molar-refractivity contribution in [3.63, 3.8) is 0 Å². The third-order valence-electron chi connectivity index (χ3n) is 3.04. The molecule has 3 heteroatoms. The highest BCUT2D eigenvalue weighted by Crippen LogP contribution is 2.37. The van der Waals surface area contributed by atoms with Crippen LogP contribution in [0.25, 0.3) is 0 Å². The predicted molar refractivity (Wildman–Crippen MR) is 49.3 cm³/mol. The molecule has 74 valence electrons. The van der Waals surface area contributed by atoms with Crippen molar-refractivity contribution >= 4 is 5.91 Å². The zero-order chi connectivity index (χ0) is 9.26. The van der Waals surface area contributed by atoms with Gasteiger partial charge in [0.2, 0.25) is 5.91 Å². The van der Waals surface area contributed by atoms with E-state index in [1.54, 1.807) is 0 Å². The fourth-order valence-corrected chi connectivity index (χ4v) is 1.87. The molecule has 2 aliphatic rings. The second kappa shape index (κ2) is 3.66. The number of rotatable bonds is 2. The van der Waals surface area contributed by atoms with Crippen molar-refractivity contribution in [3.05, 3.63) is 0 Å². The van der Waals surface area contributed by atoms with E-state index < -0.39 is 0 Å². The Hall–Kier alpha value is -0.570. The van der Waals surface area contributed by atoms with Crippen LogP contribution < -0.4 is 0 Å². The van der Waals surface area contributed by atoms with Gasteiger partial charge in [-0.25, -0.2) is 0 Å². The number of amides is 1. The number of ether oxygens (including phenoxy) is 1. The normalized spacial score (nSPS) is 25.8. The van der Waals surface area contributed by atoms with Crippen LogP contribution >= 0.6 is 0 Å². The van der Waals surface area contributed by atoms with Crippen molar-refractivity contribution in [3.8, 4) is 0 Å². The van der Waals surface area contributed by atoms with Gasteiger partial charge in [-0.3, -0.25) is 4.79 Å². The second-order valence-electron chi connectivity index (χ2n) is 4.06. The summed E-state index contributed by atoms with van der Waals surface area (Å²) in [6.07, 6.45) is 2.49. The molecule has 0 aromatic rings. The van der Waals surface area contributed by atoms with Crippen LogP contribution in [0.3, 0.4) is 0 Å². The Morgan fingerprint density at radius 1 is 1.38 bits per heavy atom. The number of morpholine rings is 1. The summed E-state index contributed by atoms with van der Waals surface area (Å²) in [6.45, 7) is 5.06. The maximum atomic E-state index is 11.8. The zero-order valence-electron chi connectivity index (χ0n) is 8.16. The van der Waals surface area contributed by atoms with Gasteiger partial charge >= 0.3 is 0 Å². The first kappa shape index (κ1) is 9.00. The fourth-order valence-electron chi connectivity index (χ4n) is 1.87. The average Bonchev–Trinajstić information content (AvgIpc) is 3.00. The lowest BCUT2D eigenvalue weighted by Crippen LogP contribution is -2.43. The summed E-state index contributed by atoms with van der Waals surface area (Å²) in [7, 11) is 0. The Morgan fingerprint density at radius 3 is 2.54 bits per heavy atom. The van der Waals surface area contributed by atoms with Crippen LogP contribution in [-0.2, 0) is 9.53 Å². The average molecular weight is 183 g/mol. The molecule has 1 saturated heterocycles. The molecule has 1 unspecified atom stereocenters. The van der Waals surface area contributed by atoms with Gasteiger partial charge in [0.1, 0.15) is 0 Å². The Balaban J connectivity index is 1.86. The third-order valence-corrected chi connectivity index (χ3v) is 3.04. The van der Waals surface area contributed by atoms with E-state index in [-0.39, 0.29) is 5.92 Å². The molecule has 0 spiro atoms. The molecule has 0 bridgehead atoms. The largest absolute Gasteiger partial charge is 0.378 e. The predicted octanol–water partition coefficient (Wildman–Crippen LogP) is 0.891. The van der Waals surface area contributed by atoms with Gasteiger partial charge in [-0.2, -0.15) is 0 Å². The molecular formula is C10H17NO2. The van der Waals surface area contributed by atoms with E-state index in [4.69, 9.17) is 4.74 Å². The second-order valence-corrected chi connectivity index (χ2v) is 4.06. The Kier molecular flexibility index (Phi) is 2.54. The third kappa shape index (κ3) is 2.02. The van der Waals surface area contributed by atoms with Crippen LogP contribution in [0.5, 0.6) is 0 Å². The molecule has 1 atom stereocenters. The van der Waals surface area contributed by atoms with Crippen molar-refractivity contribution in [2.45, 2.75) is 19.8 Å². The van der Waals surface area contributed by atoms with Crippen molar-refractivity contribution in [1.29, 1.82) is 0 Å². The van der Waals surface area contributed by atoms with Gasteiger partial charge in [-0.1, -0.05) is 6.92 Å². The Bertz CT molecular complexity index is 195. The van der Waals surface area contributed by atoms with Crippen molar-refractivity contribution < 1.29 is 9.53 Å². The van der Waals surface area contributed by atoms with Gasteiger partial charge in [0.25, 0.3) is 0 Å². The van der Waals surface area contributed by atoms with Gasteiger partial charge in [-0.05, 0) is 18.8 Å². The zero-order valence-corrected chi connectivity index (χ0v) is 8.16. The maximum absolute atomic E-state index is 11.8. The van der Waals surface area contributed by atoms with E-state index in [0.717, 1.165) is 13.1 Å². The number of hydrogen-bond acceptors (Lipinski definition) is 2. The molecule has 0 aromatic heterocycles. The molecule has 1 aliphatic heterocycles. The van der Waals surface area contributed by atoms with Gasteiger partial charge < -0.3 is 9.64 Å². The minimum Gasteiger partial charge on any atom is -0.378 e. The van der Waals surface area contributed by atoms with Crippen LogP contribution in [0.1, 0.15) is 19.8 Å². The Morgan fingerprint density at radius 2 is 2.00 bits per heavy atom. The number of hydrogen-bond donors (Lipinski definition) is 0. The minimum absolute atomic E-state index is 0.248. The highest BCUT2D eigenvalue weighted by molar-refractivity contribution is 5.79. The summed E-state index contributed by atoms with van der Waals surface area (Å²) in [4.78, 5) is 13.8. The fraction of sp³-hybridized carbons (Fsp3) is 0.900. The van der Waals surface area contributed by atoms with Crippen LogP contribution in [-0.4, -0.2) is 37.1 Å². The van der Waals surface area contributed by atoms with Crippen molar-refractivity contribution in [2.24, 2.45) is 11.8 Å². The summed E-state index contributed by atoms with van der Waals surface area (Å²) in [5.41, 5.74) is 0. The molecule has 0 radical (unpaired) electrons. The molecular weight excluding hydrogens is 166 g/mol. The standard InChI is InChI=1S/C10H17NO2/c1-8(9-2-3-9)10(12)11-4-6-13-7-5-11/h8-9H,2-7H2,1H3. The SMILES string of the molecule is CC(C(=O)N1CCOCC1)C1CC1. The lowest BCUT2D eigenvalue weighted by atomic mass is 10.0. The topological polar surface area (TPSA) is 29.5 Å². The van der Waals surface area contributed by atoms with Gasteiger partial charge in [0.15, 0.2) is 0 Å². The summed E-state index contributed by atoms with van der Waals surface area (Å²) >= 11 is 0. The van der Waals surface area contributed by atoms with E-state index in [2.05, 4.69) is 6.92 Å². The summed E-state index contributed by atoms with van der Waals surface area (Å²) < 4.78 is 5.21. The van der Waals surface area contributed by atoms with Crippen LogP contribution in [0.4, 0.5) is 0 Å². The van der Waals surface area contributed by atoms with E-state index >= 15 is 0 Å². The number of carbonyl (C=O) groups excluding carboxylic acids is 1. The molecule has 1 aliphatic carbocycles. The maximum Gasteiger partial charge on any atom is 0.225 e. The van der Waals surface area contributed by atoms with Gasteiger partial charge in [-0.15, -0.1) is 0 Å². The molecule has 0 aromatic carbocycles. The molecule has 13 heavy (non-hydrogen) atoms. The smallest absolute Gasteiger partial charge is 0.225 e. The van der Waals surface area contributed by atoms with Crippen molar-refractivity contribution in [2.75, 3.05) is 26.3 Å². The first-order chi connectivity index (χ1) is 6.29. The van der Waals surface area contributed by atoms with E-state index in [1.807, 2.05) is 4.90 Å². The van der Waals surface area contributed by atoms with E-state index in [1.165, 1.54) is 12.8 Å². The molecule has 3 nitrogen and oxygen atoms in total. The molecule has 1 amide bonds. The first-order valence-electron chi connectivity index (χ1n) is 5.15. The lowest BCUT2D eigenvalue weighted by molar-refractivity contribution is -0.139. The monoisotopic (exact) mass is 183 g/mol. The van der Waals surface area contributed by atoms with Gasteiger partial charge in [0.05, 0.1) is 13.2 Å². The summed E-state index contributed by atoms with van der Waals surface area (Å²) in [6, 6.07) is 0. The molecule has 1 saturated carbocycles. The van der Waals surface area contributed by atoms with Crippen molar-refractivity contribution in [1.82, 2.24) is 4.90 Å². The van der Waals surface area contributed by atoms with Crippen LogP contribution in [0.2, 0.25) is 0 Å². The van der Waals surface area contributed by atoms with E-state index in [0.29, 0.717) is 25.0 Å². The Labute approximate surface area is 79.0 Å². The molecule has 2 rings (SSSR count). The van der Waals surface area contributed by atoms with Crippen LogP contribution in [0, 0.1) is 11.8 Å². The first-order valence-corrected chi connectivity index (χ1v) is 5.15. The highest BCUT2D eigenvalue weighted by atomic mass is 16.5. The highest BCUT2D eigenvalue weighted by Gasteiger charge is 2.35. The molecule has 1 heterocycles. The summed E-state index contributed by atoms with van der Waals surface area (Å²) in [5.74, 6) is 1.26. The minimum atomic E-state index is 0.248. The van der Waals surface area contributed by atoms with Gasteiger partial charge in [0, 0.05) is 19.0 Å². The van der Waals surface area contributed by atoms with E-state index in [9.17, 15) is 4.79 Å². The quantitative estimate of drug-likeness (QED) is 0.636. The number of nitrogens with zero attached hydrogens (tertiary/aromatic N) is 1. The molecule has 2 fully saturated rings. The summed E-state index contributed by atoms with van der Waals surface area (Å²) in [5, 5.41) is 0. The van der Waals surface area contributed by atoms with Crippen LogP contribution in [0.15, 0.2) is 0 Å².